The van der Waals surface area contributed by atoms with E-state index in [4.69, 9.17) is 22.5 Å². The molecular formula is C34H22F6N6O10S2. The van der Waals surface area contributed by atoms with Crippen LogP contribution in [0.15, 0.2) is 92.8 Å². The summed E-state index contributed by atoms with van der Waals surface area (Å²) in [5.41, 5.74) is 20.4. The molecule has 6 rings (SSSR count). The van der Waals surface area contributed by atoms with E-state index in [1.807, 2.05) is 0 Å². The minimum absolute atomic E-state index is 0.109. The highest BCUT2D eigenvalue weighted by Crippen LogP contribution is 2.53. The lowest BCUT2D eigenvalue weighted by Gasteiger charge is -2.21. The molecular weight excluding hydrogens is 831 g/mol. The van der Waals surface area contributed by atoms with E-state index in [9.17, 15) is 62.5 Å². The van der Waals surface area contributed by atoms with Crippen LogP contribution in [-0.4, -0.2) is 48.9 Å². The summed E-state index contributed by atoms with van der Waals surface area (Å²) >= 11 is 0. The van der Waals surface area contributed by atoms with E-state index in [2.05, 4.69) is 19.7 Å². The maximum atomic E-state index is 14.0. The summed E-state index contributed by atoms with van der Waals surface area (Å²) in [6, 6.07) is 11.5. The number of hydrogen-bond acceptors (Lipinski definition) is 14. The van der Waals surface area contributed by atoms with E-state index in [1.165, 1.54) is 12.1 Å². The Morgan fingerprint density at radius 1 is 0.552 bits per heavy atom. The number of nitrogens with zero attached hydrogens (tertiary/aromatic N) is 2. The number of anilines is 2. The molecule has 0 amide bonds. The van der Waals surface area contributed by atoms with Crippen molar-refractivity contribution in [3.63, 3.8) is 0 Å². The molecule has 58 heavy (non-hydrogen) atoms. The molecule has 0 aliphatic carbocycles. The summed E-state index contributed by atoms with van der Waals surface area (Å²) in [5, 5.41) is 26.2. The summed E-state index contributed by atoms with van der Waals surface area (Å²) in [7, 11) is -11.1. The van der Waals surface area contributed by atoms with Gasteiger partial charge < -0.3 is 31.2 Å². The number of halogens is 6. The number of nitrogen functional groups attached to an aromatic ring is 2. The van der Waals surface area contributed by atoms with Crippen molar-refractivity contribution >= 4 is 64.5 Å². The van der Waals surface area contributed by atoms with Crippen LogP contribution in [0.1, 0.15) is 0 Å². The molecule has 0 radical (unpaired) electrons. The average molecular weight is 853 g/mol. The maximum Gasteiger partial charge on any atom is 0.573 e. The Kier molecular flexibility index (Phi) is 9.88. The fraction of sp³-hybridized carbons (Fsp3) is 0.0588. The lowest BCUT2D eigenvalue weighted by atomic mass is 9.92. The van der Waals surface area contributed by atoms with Crippen molar-refractivity contribution in [1.29, 1.82) is 11.1 Å². The van der Waals surface area contributed by atoms with E-state index < -0.39 is 99.4 Å². The molecule has 0 aliphatic rings. The zero-order chi connectivity index (χ0) is 42.9. The first-order chi connectivity index (χ1) is 26.8. The van der Waals surface area contributed by atoms with Gasteiger partial charge in [-0.3, -0.25) is 9.11 Å². The third-order valence-electron chi connectivity index (χ3n) is 8.50. The molecule has 0 saturated heterocycles. The van der Waals surface area contributed by atoms with E-state index in [0.717, 1.165) is 48.5 Å². The van der Waals surface area contributed by atoms with Crippen molar-refractivity contribution in [2.24, 2.45) is 10.2 Å². The molecule has 24 heteroatoms. The highest BCUT2D eigenvalue weighted by molar-refractivity contribution is 7.86. The number of phenols is 2. The number of alkyl halides is 6. The molecule has 16 nitrogen and oxygen atoms in total. The van der Waals surface area contributed by atoms with Crippen LogP contribution >= 0.6 is 0 Å². The Hall–Kier alpha value is -6.76. The average Bonchev–Trinajstić information content (AvgIpc) is 3.09. The molecule has 0 spiro atoms. The second kappa shape index (κ2) is 14.0. The molecule has 0 saturated carbocycles. The summed E-state index contributed by atoms with van der Waals surface area (Å²) in [6.07, 6.45) is -11.1. The molecule has 0 unspecified atom stereocenters. The van der Waals surface area contributed by atoms with E-state index in [1.54, 1.807) is 0 Å². The van der Waals surface area contributed by atoms with Gasteiger partial charge in [0.15, 0.2) is 11.5 Å². The smallest absolute Gasteiger partial charge is 0.505 e. The van der Waals surface area contributed by atoms with Crippen LogP contribution in [0.4, 0.5) is 49.1 Å². The fourth-order valence-electron chi connectivity index (χ4n) is 6.38. The van der Waals surface area contributed by atoms with Gasteiger partial charge in [-0.05, 0) is 82.6 Å². The SMILES string of the molecule is N=Nc1c(S(=O)(=O)O)c(-c2ccc(-c3ccc(-c4c(S(=O)(=O)O)c(N=N)c(O)c5ccc(N)cc45)c(OC(F)(F)F)c3)cc2OC(F)(F)F)c2cc(N)ccc2c1O. The minimum atomic E-state index is -5.55. The third kappa shape index (κ3) is 7.54. The minimum Gasteiger partial charge on any atom is -0.505 e. The van der Waals surface area contributed by atoms with Gasteiger partial charge in [-0.2, -0.15) is 27.1 Å². The van der Waals surface area contributed by atoms with Crippen LogP contribution in [0.2, 0.25) is 0 Å². The number of aromatic hydroxyl groups is 2. The van der Waals surface area contributed by atoms with Crippen molar-refractivity contribution in [1.82, 2.24) is 0 Å². The highest BCUT2D eigenvalue weighted by Gasteiger charge is 2.37. The van der Waals surface area contributed by atoms with Crippen molar-refractivity contribution < 1.29 is 72.0 Å². The monoisotopic (exact) mass is 852 g/mol. The van der Waals surface area contributed by atoms with Gasteiger partial charge in [0.1, 0.15) is 32.7 Å². The van der Waals surface area contributed by atoms with Gasteiger partial charge in [0, 0.05) is 44.4 Å². The molecule has 302 valence electrons. The largest absolute Gasteiger partial charge is 0.573 e. The number of hydrogen-bond donors (Lipinski definition) is 8. The van der Waals surface area contributed by atoms with Crippen LogP contribution in [0.3, 0.4) is 0 Å². The number of phenolic OH excluding ortho intramolecular Hbond substituents is 2. The zero-order valence-electron chi connectivity index (χ0n) is 28.3. The number of ether oxygens (including phenoxy) is 2. The van der Waals surface area contributed by atoms with Crippen molar-refractivity contribution in [2.45, 2.75) is 22.5 Å². The summed E-state index contributed by atoms with van der Waals surface area (Å²) < 4.78 is 164. The molecule has 0 heterocycles. The van der Waals surface area contributed by atoms with Crippen LogP contribution in [-0.2, 0) is 20.2 Å². The van der Waals surface area contributed by atoms with Gasteiger partial charge in [-0.25, -0.2) is 11.1 Å². The quantitative estimate of drug-likeness (QED) is 0.0292. The van der Waals surface area contributed by atoms with Gasteiger partial charge in [0.2, 0.25) is 0 Å². The molecule has 0 aromatic heterocycles. The Bertz CT molecular complexity index is 2780. The van der Waals surface area contributed by atoms with Crippen LogP contribution in [0.25, 0.3) is 54.9 Å². The number of rotatable bonds is 9. The summed E-state index contributed by atoms with van der Waals surface area (Å²) in [4.78, 5) is -2.67. The molecule has 0 atom stereocenters. The number of nitrogens with one attached hydrogen (secondary N) is 2. The molecule has 10 N–H and O–H groups in total. The molecule has 6 aromatic rings. The Morgan fingerprint density at radius 2 is 0.897 bits per heavy atom. The maximum absolute atomic E-state index is 14.0. The topological polar surface area (TPSA) is 292 Å². The van der Waals surface area contributed by atoms with Crippen molar-refractivity contribution in [3.05, 3.63) is 72.8 Å². The summed E-state index contributed by atoms with van der Waals surface area (Å²) in [6.45, 7) is 0. The Balaban J connectivity index is 1.70. The van der Waals surface area contributed by atoms with Crippen LogP contribution in [0, 0.1) is 11.1 Å². The number of nitrogens with two attached hydrogens (primary N) is 2. The van der Waals surface area contributed by atoms with Gasteiger partial charge in [-0.1, -0.05) is 12.1 Å². The number of fused-ring (bicyclic) bond motifs is 2. The van der Waals surface area contributed by atoms with Gasteiger partial charge in [0.05, 0.1) is 0 Å². The van der Waals surface area contributed by atoms with E-state index in [0.29, 0.717) is 12.1 Å². The van der Waals surface area contributed by atoms with E-state index >= 15 is 0 Å². The van der Waals surface area contributed by atoms with Crippen LogP contribution in [0.5, 0.6) is 23.0 Å². The summed E-state index contributed by atoms with van der Waals surface area (Å²) in [5.74, 6) is -4.42. The second-order valence-corrected chi connectivity index (χ2v) is 14.8. The third-order valence-corrected chi connectivity index (χ3v) is 10.3. The van der Waals surface area contributed by atoms with Gasteiger partial charge >= 0.3 is 12.7 Å². The van der Waals surface area contributed by atoms with Crippen molar-refractivity contribution in [3.8, 4) is 56.4 Å². The standard InChI is InChI=1S/C34H22F6N6O10S2/c35-33(36,37)55-23-9-13(1-5-19(23)25-21-11-15(41)3-7-17(21)29(47)27(45-43)31(25)57(49,50)51)14-2-6-20(24(10-14)56-34(38,39)40)26-22-12-16(42)4-8-18(22)30(48)28(46-44)32(26)58(52,53)54/h1-12,43-44,47-48H,41-42H2,(H,49,50,51)(H,52,53,54). The fourth-order valence-corrected chi connectivity index (χ4v) is 8.11. The molecule has 6 aromatic carbocycles. The highest BCUT2D eigenvalue weighted by atomic mass is 32.2. The molecule has 0 aliphatic heterocycles. The molecule has 0 bridgehead atoms. The first kappa shape index (κ1) is 40.9. The Labute approximate surface area is 320 Å². The zero-order valence-corrected chi connectivity index (χ0v) is 29.9. The lowest BCUT2D eigenvalue weighted by Crippen LogP contribution is -2.18. The second-order valence-electron chi connectivity index (χ2n) is 12.1. The lowest BCUT2D eigenvalue weighted by molar-refractivity contribution is -0.275. The molecule has 0 fully saturated rings. The van der Waals surface area contributed by atoms with Gasteiger partial charge in [-0.15, -0.1) is 26.3 Å². The van der Waals surface area contributed by atoms with Gasteiger partial charge in [0.25, 0.3) is 20.2 Å². The number of benzene rings is 6. The van der Waals surface area contributed by atoms with E-state index in [-0.39, 0.29) is 44.0 Å². The van der Waals surface area contributed by atoms with Crippen LogP contribution < -0.4 is 20.9 Å². The Morgan fingerprint density at radius 3 is 1.19 bits per heavy atom. The first-order valence-corrected chi connectivity index (χ1v) is 18.4. The predicted molar refractivity (Wildman–Crippen MR) is 193 cm³/mol. The predicted octanol–water partition coefficient (Wildman–Crippen LogP) is 9.19. The first-order valence-electron chi connectivity index (χ1n) is 15.5. The normalized spacial score (nSPS) is 12.5. The van der Waals surface area contributed by atoms with Crippen molar-refractivity contribution in [2.75, 3.05) is 11.5 Å².